The number of anilines is 1. The molecule has 1 saturated heterocycles. The Labute approximate surface area is 152 Å². The van der Waals surface area contributed by atoms with Crippen molar-refractivity contribution in [1.29, 1.82) is 0 Å². The first kappa shape index (κ1) is 16.6. The maximum absolute atomic E-state index is 12.7. The molecule has 1 fully saturated rings. The van der Waals surface area contributed by atoms with E-state index in [-0.39, 0.29) is 5.91 Å². The van der Waals surface area contributed by atoms with Crippen LogP contribution in [0.2, 0.25) is 0 Å². The van der Waals surface area contributed by atoms with E-state index in [1.165, 1.54) is 0 Å². The van der Waals surface area contributed by atoms with Crippen LogP contribution in [0.4, 0.5) is 5.69 Å². The highest BCUT2D eigenvalue weighted by Gasteiger charge is 2.18. The van der Waals surface area contributed by atoms with Crippen molar-refractivity contribution in [2.75, 3.05) is 37.7 Å². The molecule has 2 aromatic heterocycles. The number of morpholine rings is 1. The molecule has 0 radical (unpaired) electrons. The van der Waals surface area contributed by atoms with Crippen molar-refractivity contribution in [3.8, 4) is 0 Å². The third-order valence-electron chi connectivity index (χ3n) is 4.58. The highest BCUT2D eigenvalue weighted by atomic mass is 16.5. The van der Waals surface area contributed by atoms with E-state index in [4.69, 9.17) is 4.74 Å². The molecule has 1 aliphatic rings. The first-order valence-electron chi connectivity index (χ1n) is 8.94. The summed E-state index contributed by atoms with van der Waals surface area (Å²) in [6.07, 6.45) is 4.68. The van der Waals surface area contributed by atoms with Gasteiger partial charge in [0.2, 0.25) is 0 Å². The lowest BCUT2D eigenvalue weighted by molar-refractivity contribution is 0.0952. The Bertz CT molecular complexity index is 866. The summed E-state index contributed by atoms with van der Waals surface area (Å²) in [5.41, 5.74) is 3.58. The minimum atomic E-state index is -0.0455. The van der Waals surface area contributed by atoms with Crippen molar-refractivity contribution in [2.45, 2.75) is 6.42 Å². The molecule has 0 atom stereocenters. The molecular weight excluding hydrogens is 328 g/mol. The first-order valence-corrected chi connectivity index (χ1v) is 8.94. The number of imidazole rings is 1. The van der Waals surface area contributed by atoms with Crippen LogP contribution >= 0.6 is 0 Å². The minimum absolute atomic E-state index is 0.0455. The molecule has 0 aliphatic carbocycles. The lowest BCUT2D eigenvalue weighted by Crippen LogP contribution is -2.38. The van der Waals surface area contributed by atoms with E-state index < -0.39 is 0 Å². The van der Waals surface area contributed by atoms with Gasteiger partial charge in [0.05, 0.1) is 24.5 Å². The quantitative estimate of drug-likeness (QED) is 0.766. The van der Waals surface area contributed by atoms with Crippen LogP contribution in [-0.2, 0) is 11.2 Å². The van der Waals surface area contributed by atoms with Gasteiger partial charge in [-0.25, -0.2) is 4.98 Å². The lowest BCUT2D eigenvalue weighted by Gasteiger charge is -2.30. The van der Waals surface area contributed by atoms with Crippen LogP contribution in [0.25, 0.3) is 5.65 Å². The number of hydrogen-bond acceptors (Lipinski definition) is 4. The van der Waals surface area contributed by atoms with Gasteiger partial charge in [0.1, 0.15) is 5.65 Å². The van der Waals surface area contributed by atoms with Gasteiger partial charge in [-0.3, -0.25) is 4.79 Å². The third-order valence-corrected chi connectivity index (χ3v) is 4.58. The zero-order valence-electron chi connectivity index (χ0n) is 14.6. The fourth-order valence-corrected chi connectivity index (χ4v) is 3.25. The van der Waals surface area contributed by atoms with Gasteiger partial charge in [0.15, 0.2) is 0 Å². The van der Waals surface area contributed by atoms with Gasteiger partial charge in [0.25, 0.3) is 5.91 Å². The first-order chi connectivity index (χ1) is 12.8. The van der Waals surface area contributed by atoms with Gasteiger partial charge < -0.3 is 19.4 Å². The van der Waals surface area contributed by atoms with Gasteiger partial charge in [-0.1, -0.05) is 18.2 Å². The van der Waals surface area contributed by atoms with Crippen LogP contribution in [-0.4, -0.2) is 48.1 Å². The predicted molar refractivity (Wildman–Crippen MR) is 101 cm³/mol. The number of para-hydroxylation sites is 1. The minimum Gasteiger partial charge on any atom is -0.378 e. The maximum Gasteiger partial charge on any atom is 0.253 e. The smallest absolute Gasteiger partial charge is 0.253 e. The third kappa shape index (κ3) is 3.55. The number of carbonyl (C=O) groups excluding carboxylic acids is 1. The number of nitrogens with zero attached hydrogens (tertiary/aromatic N) is 3. The van der Waals surface area contributed by atoms with Crippen LogP contribution in [0.1, 0.15) is 16.1 Å². The van der Waals surface area contributed by atoms with Crippen LogP contribution < -0.4 is 10.2 Å². The van der Waals surface area contributed by atoms with E-state index in [9.17, 15) is 4.79 Å². The van der Waals surface area contributed by atoms with E-state index in [1.54, 1.807) is 0 Å². The Balaban J connectivity index is 1.40. The molecule has 26 heavy (non-hydrogen) atoms. The van der Waals surface area contributed by atoms with Gasteiger partial charge in [0, 0.05) is 44.1 Å². The normalized spacial score (nSPS) is 14.5. The standard InChI is InChI=1S/C20H22N4O2/c25-20(17-5-1-2-6-18(17)23-11-13-26-14-12-23)21-9-8-16-15-24-10-4-3-7-19(24)22-16/h1-7,10,15H,8-9,11-14H2,(H,21,25). The number of aromatic nitrogens is 2. The second-order valence-electron chi connectivity index (χ2n) is 6.32. The second-order valence-corrected chi connectivity index (χ2v) is 6.32. The van der Waals surface area contributed by atoms with Crippen molar-refractivity contribution < 1.29 is 9.53 Å². The van der Waals surface area contributed by atoms with Gasteiger partial charge in [-0.05, 0) is 24.3 Å². The highest BCUT2D eigenvalue weighted by molar-refractivity contribution is 5.99. The van der Waals surface area contributed by atoms with Gasteiger partial charge >= 0.3 is 0 Å². The predicted octanol–water partition coefficient (Wildman–Crippen LogP) is 2.14. The van der Waals surface area contributed by atoms with E-state index in [0.29, 0.717) is 31.7 Å². The largest absolute Gasteiger partial charge is 0.378 e. The van der Waals surface area contributed by atoms with E-state index in [1.807, 2.05) is 59.3 Å². The van der Waals surface area contributed by atoms with Crippen LogP contribution in [0.15, 0.2) is 54.9 Å². The molecule has 0 unspecified atom stereocenters. The molecule has 1 N–H and O–H groups in total. The number of carbonyl (C=O) groups is 1. The van der Waals surface area contributed by atoms with E-state index >= 15 is 0 Å². The molecular formula is C20H22N4O2. The van der Waals surface area contributed by atoms with E-state index in [2.05, 4.69) is 15.2 Å². The number of hydrogen-bond donors (Lipinski definition) is 1. The Morgan fingerprint density at radius 3 is 2.77 bits per heavy atom. The zero-order chi connectivity index (χ0) is 17.8. The summed E-state index contributed by atoms with van der Waals surface area (Å²) in [7, 11) is 0. The topological polar surface area (TPSA) is 58.9 Å². The molecule has 1 aromatic carbocycles. The second kappa shape index (κ2) is 7.58. The average Bonchev–Trinajstić information content (AvgIpc) is 3.11. The molecule has 6 heteroatoms. The molecule has 6 nitrogen and oxygen atoms in total. The number of fused-ring (bicyclic) bond motifs is 1. The van der Waals surface area contributed by atoms with Crippen molar-refractivity contribution in [2.24, 2.45) is 0 Å². The number of nitrogens with one attached hydrogen (secondary N) is 1. The molecule has 1 aliphatic heterocycles. The summed E-state index contributed by atoms with van der Waals surface area (Å²) in [5, 5.41) is 3.03. The highest BCUT2D eigenvalue weighted by Crippen LogP contribution is 2.21. The lowest BCUT2D eigenvalue weighted by atomic mass is 10.1. The molecule has 0 bridgehead atoms. The number of amides is 1. The van der Waals surface area contributed by atoms with Crippen molar-refractivity contribution in [1.82, 2.24) is 14.7 Å². The van der Waals surface area contributed by atoms with E-state index in [0.717, 1.165) is 30.1 Å². The summed E-state index contributed by atoms with van der Waals surface area (Å²) in [4.78, 5) is 19.4. The fraction of sp³-hybridized carbons (Fsp3) is 0.300. The number of ether oxygens (including phenoxy) is 1. The van der Waals surface area contributed by atoms with Crippen molar-refractivity contribution >= 4 is 17.2 Å². The summed E-state index contributed by atoms with van der Waals surface area (Å²) < 4.78 is 7.40. The Kier molecular flexibility index (Phi) is 4.84. The Morgan fingerprint density at radius 2 is 1.92 bits per heavy atom. The van der Waals surface area contributed by atoms with Gasteiger partial charge in [-0.15, -0.1) is 0 Å². The van der Waals surface area contributed by atoms with Crippen LogP contribution in [0.3, 0.4) is 0 Å². The summed E-state index contributed by atoms with van der Waals surface area (Å²) in [6, 6.07) is 13.7. The summed E-state index contributed by atoms with van der Waals surface area (Å²) in [6.45, 7) is 3.57. The van der Waals surface area contributed by atoms with Crippen molar-refractivity contribution in [3.63, 3.8) is 0 Å². The molecule has 4 rings (SSSR count). The SMILES string of the molecule is O=C(NCCc1cn2ccccc2n1)c1ccccc1N1CCOCC1. The molecule has 134 valence electrons. The molecule has 3 aromatic rings. The summed E-state index contributed by atoms with van der Waals surface area (Å²) in [5.74, 6) is -0.0455. The van der Waals surface area contributed by atoms with Crippen LogP contribution in [0, 0.1) is 0 Å². The Hall–Kier alpha value is -2.86. The molecule has 1 amide bonds. The average molecular weight is 350 g/mol. The molecule has 3 heterocycles. The summed E-state index contributed by atoms with van der Waals surface area (Å²) >= 11 is 0. The monoisotopic (exact) mass is 350 g/mol. The zero-order valence-corrected chi connectivity index (χ0v) is 14.6. The fourth-order valence-electron chi connectivity index (χ4n) is 3.25. The number of pyridine rings is 1. The van der Waals surface area contributed by atoms with Crippen molar-refractivity contribution in [3.05, 3.63) is 66.1 Å². The Morgan fingerprint density at radius 1 is 1.12 bits per heavy atom. The van der Waals surface area contributed by atoms with Gasteiger partial charge in [-0.2, -0.15) is 0 Å². The maximum atomic E-state index is 12.7. The number of benzene rings is 1. The van der Waals surface area contributed by atoms with Crippen LogP contribution in [0.5, 0.6) is 0 Å². The number of rotatable bonds is 5. The molecule has 0 spiro atoms. The molecule has 0 saturated carbocycles.